The molecule has 1 aliphatic carbocycles. The molecule has 1 heterocycles. The predicted octanol–water partition coefficient (Wildman–Crippen LogP) is 3.38. The summed E-state index contributed by atoms with van der Waals surface area (Å²) in [5.41, 5.74) is 1.06. The van der Waals surface area contributed by atoms with Gasteiger partial charge >= 0.3 is 0 Å². The molecule has 0 unspecified atom stereocenters. The summed E-state index contributed by atoms with van der Waals surface area (Å²) < 4.78 is 7.60. The Morgan fingerprint density at radius 3 is 2.56 bits per heavy atom. The third-order valence-corrected chi connectivity index (χ3v) is 5.42. The number of benzene rings is 1. The van der Waals surface area contributed by atoms with Crippen molar-refractivity contribution in [2.24, 2.45) is 0 Å². The highest BCUT2D eigenvalue weighted by molar-refractivity contribution is 7.98. The maximum absolute atomic E-state index is 5.55. The van der Waals surface area contributed by atoms with Gasteiger partial charge in [0.2, 0.25) is 0 Å². The minimum Gasteiger partial charge on any atom is -0.494 e. The zero-order chi connectivity index (χ0) is 17.8. The van der Waals surface area contributed by atoms with Gasteiger partial charge in [-0.05, 0) is 64.4 Å². The van der Waals surface area contributed by atoms with Crippen molar-refractivity contribution in [1.29, 1.82) is 0 Å². The van der Waals surface area contributed by atoms with Gasteiger partial charge in [-0.1, -0.05) is 0 Å². The van der Waals surface area contributed by atoms with Crippen LogP contribution in [0.1, 0.15) is 37.3 Å². The van der Waals surface area contributed by atoms with Crippen LogP contribution in [-0.4, -0.2) is 58.4 Å². The van der Waals surface area contributed by atoms with Crippen LogP contribution in [0.2, 0.25) is 0 Å². The lowest BCUT2D eigenvalue weighted by Gasteiger charge is -2.39. The normalized spacial score (nSPS) is 19.9. The minimum absolute atomic E-state index is 0.495. The average molecular weight is 361 g/mol. The number of hydrogen-bond donors (Lipinski definition) is 0. The lowest BCUT2D eigenvalue weighted by atomic mass is 9.79. The van der Waals surface area contributed by atoms with E-state index in [0.717, 1.165) is 48.1 Å². The Balaban J connectivity index is 1.84. The van der Waals surface area contributed by atoms with E-state index in [2.05, 4.69) is 37.4 Å². The predicted molar refractivity (Wildman–Crippen MR) is 104 cm³/mol. The Hall–Kier alpha value is -1.53. The molecule has 3 rings (SSSR count). The largest absolute Gasteiger partial charge is 0.494 e. The van der Waals surface area contributed by atoms with E-state index in [0.29, 0.717) is 18.6 Å². The molecule has 0 amide bonds. The van der Waals surface area contributed by atoms with Crippen LogP contribution in [-0.2, 0) is 6.42 Å². The van der Waals surface area contributed by atoms with Gasteiger partial charge in [-0.3, -0.25) is 0 Å². The first-order valence-corrected chi connectivity index (χ1v) is 10.4. The highest BCUT2D eigenvalue weighted by atomic mass is 32.2. The van der Waals surface area contributed by atoms with Crippen molar-refractivity contribution in [3.63, 3.8) is 0 Å². The topological polar surface area (TPSA) is 43.2 Å². The average Bonchev–Trinajstić information content (AvgIpc) is 2.96. The van der Waals surface area contributed by atoms with Gasteiger partial charge in [0.1, 0.15) is 11.6 Å². The van der Waals surface area contributed by atoms with Crippen molar-refractivity contribution in [2.45, 2.75) is 38.1 Å². The number of thioether (sulfide) groups is 1. The maximum atomic E-state index is 5.55. The summed E-state index contributed by atoms with van der Waals surface area (Å²) in [6, 6.07) is 8.82. The van der Waals surface area contributed by atoms with Gasteiger partial charge in [-0.2, -0.15) is 16.9 Å². The second-order valence-electron chi connectivity index (χ2n) is 6.75. The number of rotatable bonds is 8. The summed E-state index contributed by atoms with van der Waals surface area (Å²) in [5, 5.41) is 4.80. The van der Waals surface area contributed by atoms with Crippen molar-refractivity contribution < 1.29 is 4.74 Å². The molecule has 1 saturated carbocycles. The quantitative estimate of drug-likeness (QED) is 0.722. The van der Waals surface area contributed by atoms with E-state index in [1.54, 1.807) is 0 Å². The summed E-state index contributed by atoms with van der Waals surface area (Å²) in [6.45, 7) is 2.68. The zero-order valence-corrected chi connectivity index (χ0v) is 16.4. The van der Waals surface area contributed by atoms with Gasteiger partial charge in [-0.15, -0.1) is 0 Å². The van der Waals surface area contributed by atoms with Gasteiger partial charge in [0.15, 0.2) is 5.82 Å². The zero-order valence-electron chi connectivity index (χ0n) is 15.6. The third-order valence-electron chi connectivity index (χ3n) is 4.81. The highest BCUT2D eigenvalue weighted by Gasteiger charge is 2.35. The first-order chi connectivity index (χ1) is 12.1. The van der Waals surface area contributed by atoms with Crippen molar-refractivity contribution >= 4 is 11.8 Å². The molecule has 2 aromatic rings. The molecule has 0 aliphatic heterocycles. The Kier molecular flexibility index (Phi) is 6.02. The fourth-order valence-corrected chi connectivity index (χ4v) is 3.58. The van der Waals surface area contributed by atoms with Gasteiger partial charge in [0, 0.05) is 24.1 Å². The van der Waals surface area contributed by atoms with E-state index in [-0.39, 0.29) is 0 Å². The van der Waals surface area contributed by atoms with E-state index in [1.165, 1.54) is 0 Å². The van der Waals surface area contributed by atoms with Crippen LogP contribution in [0, 0.1) is 0 Å². The van der Waals surface area contributed by atoms with Gasteiger partial charge in [-0.25, -0.2) is 9.67 Å². The third kappa shape index (κ3) is 4.18. The Morgan fingerprint density at radius 2 is 1.96 bits per heavy atom. The second kappa shape index (κ2) is 8.23. The lowest BCUT2D eigenvalue weighted by molar-refractivity contribution is 0.160. The first kappa shape index (κ1) is 18.3. The molecule has 0 N–H and O–H groups in total. The van der Waals surface area contributed by atoms with Crippen molar-refractivity contribution in [3.05, 3.63) is 35.9 Å². The molecule has 0 atom stereocenters. The fourth-order valence-electron chi connectivity index (χ4n) is 3.19. The lowest BCUT2D eigenvalue weighted by Crippen LogP contribution is -2.40. The molecule has 6 heteroatoms. The van der Waals surface area contributed by atoms with Crippen LogP contribution in [0.4, 0.5) is 0 Å². The van der Waals surface area contributed by atoms with Crippen LogP contribution < -0.4 is 4.74 Å². The Labute approximate surface area is 154 Å². The highest BCUT2D eigenvalue weighted by Crippen LogP contribution is 2.39. The molecule has 1 fully saturated rings. The SMILES string of the molecule is CCOc1ccc(-n2nc(CCSC)nc2C2CC(N(C)C)C2)cc1. The van der Waals surface area contributed by atoms with Crippen molar-refractivity contribution in [3.8, 4) is 11.4 Å². The molecular formula is C19H28N4OS. The molecule has 1 aromatic heterocycles. The molecule has 1 aliphatic rings. The molecule has 0 bridgehead atoms. The van der Waals surface area contributed by atoms with Crippen LogP contribution >= 0.6 is 11.8 Å². The van der Waals surface area contributed by atoms with E-state index in [9.17, 15) is 0 Å². The molecule has 136 valence electrons. The van der Waals surface area contributed by atoms with Gasteiger partial charge < -0.3 is 9.64 Å². The van der Waals surface area contributed by atoms with E-state index >= 15 is 0 Å². The molecule has 0 saturated heterocycles. The monoisotopic (exact) mass is 360 g/mol. The molecule has 25 heavy (non-hydrogen) atoms. The minimum atomic E-state index is 0.495. The van der Waals surface area contributed by atoms with Crippen molar-refractivity contribution in [2.75, 3.05) is 32.7 Å². The summed E-state index contributed by atoms with van der Waals surface area (Å²) in [4.78, 5) is 7.20. The van der Waals surface area contributed by atoms with Crippen LogP contribution in [0.3, 0.4) is 0 Å². The van der Waals surface area contributed by atoms with E-state index in [4.69, 9.17) is 14.8 Å². The molecule has 0 spiro atoms. The van der Waals surface area contributed by atoms with Crippen LogP contribution in [0.5, 0.6) is 5.75 Å². The van der Waals surface area contributed by atoms with Crippen LogP contribution in [0.25, 0.3) is 5.69 Å². The van der Waals surface area contributed by atoms with E-state index < -0.39 is 0 Å². The number of hydrogen-bond acceptors (Lipinski definition) is 5. The Morgan fingerprint density at radius 1 is 1.24 bits per heavy atom. The summed E-state index contributed by atoms with van der Waals surface area (Å²) in [7, 11) is 4.31. The molecule has 1 aromatic carbocycles. The second-order valence-corrected chi connectivity index (χ2v) is 7.74. The molecule has 5 nitrogen and oxygen atoms in total. The number of nitrogens with zero attached hydrogens (tertiary/aromatic N) is 4. The molecular weight excluding hydrogens is 332 g/mol. The summed E-state index contributed by atoms with van der Waals surface area (Å²) in [6.07, 6.45) is 5.36. The van der Waals surface area contributed by atoms with Gasteiger partial charge in [0.05, 0.1) is 12.3 Å². The maximum Gasteiger partial charge on any atom is 0.152 e. The smallest absolute Gasteiger partial charge is 0.152 e. The van der Waals surface area contributed by atoms with Crippen LogP contribution in [0.15, 0.2) is 24.3 Å². The number of ether oxygens (including phenoxy) is 1. The summed E-state index contributed by atoms with van der Waals surface area (Å²) in [5.74, 6) is 4.50. The number of aromatic nitrogens is 3. The van der Waals surface area contributed by atoms with E-state index in [1.807, 2.05) is 35.5 Å². The van der Waals surface area contributed by atoms with Crippen molar-refractivity contribution in [1.82, 2.24) is 19.7 Å². The summed E-state index contributed by atoms with van der Waals surface area (Å²) >= 11 is 1.83. The Bertz CT molecular complexity index is 677. The fraction of sp³-hybridized carbons (Fsp3) is 0.579. The standard InChI is InChI=1S/C19H28N4OS/c1-5-24-17-8-6-15(7-9-17)23-19(14-12-16(13-14)22(2)3)20-18(21-23)10-11-25-4/h6-9,14,16H,5,10-13H2,1-4H3. The molecule has 0 radical (unpaired) electrons. The van der Waals surface area contributed by atoms with Gasteiger partial charge in [0.25, 0.3) is 0 Å². The number of aryl methyl sites for hydroxylation is 1. The first-order valence-electron chi connectivity index (χ1n) is 8.96.